The van der Waals surface area contributed by atoms with Crippen LogP contribution < -0.4 is 11.2 Å². The monoisotopic (exact) mass is 226 g/mol. The summed E-state index contributed by atoms with van der Waals surface area (Å²) in [5, 5.41) is 8.83. The van der Waals surface area contributed by atoms with Gasteiger partial charge in [-0.15, -0.1) is 6.58 Å². The number of rotatable bonds is 5. The molecule has 6 heteroatoms. The highest BCUT2D eigenvalue weighted by Gasteiger charge is 2.04. The highest BCUT2D eigenvalue weighted by atomic mass is 16.5. The Hall–Kier alpha value is -1.66. The first kappa shape index (κ1) is 12.4. The Bertz CT molecular complexity index is 474. The molecule has 0 amide bonds. The van der Waals surface area contributed by atoms with Gasteiger partial charge in [-0.1, -0.05) is 6.08 Å². The molecule has 1 aromatic rings. The number of aliphatic hydroxyl groups is 1. The van der Waals surface area contributed by atoms with Crippen molar-refractivity contribution in [1.29, 1.82) is 0 Å². The van der Waals surface area contributed by atoms with Crippen molar-refractivity contribution in [3.8, 4) is 0 Å². The van der Waals surface area contributed by atoms with Gasteiger partial charge in [0.25, 0.3) is 5.56 Å². The minimum Gasteiger partial charge on any atom is -0.393 e. The van der Waals surface area contributed by atoms with Crippen LogP contribution in [-0.2, 0) is 11.5 Å². The summed E-state index contributed by atoms with van der Waals surface area (Å²) in [7, 11) is 0. The first-order chi connectivity index (χ1) is 7.58. The molecule has 1 atom stereocenters. The van der Waals surface area contributed by atoms with Gasteiger partial charge >= 0.3 is 5.69 Å². The lowest BCUT2D eigenvalue weighted by Gasteiger charge is -2.12. The van der Waals surface area contributed by atoms with Gasteiger partial charge in [0, 0.05) is 11.8 Å². The Labute approximate surface area is 91.8 Å². The molecule has 0 bridgehead atoms. The van der Waals surface area contributed by atoms with E-state index in [4.69, 9.17) is 9.84 Å². The quantitative estimate of drug-likeness (QED) is 0.654. The molecule has 16 heavy (non-hydrogen) atoms. The van der Waals surface area contributed by atoms with E-state index in [-0.39, 0.29) is 13.3 Å². The second-order valence-corrected chi connectivity index (χ2v) is 3.29. The number of aryl methyl sites for hydroxylation is 1. The second-order valence-electron chi connectivity index (χ2n) is 3.29. The Kier molecular flexibility index (Phi) is 4.21. The molecule has 6 nitrogen and oxygen atoms in total. The smallest absolute Gasteiger partial charge is 0.330 e. The van der Waals surface area contributed by atoms with E-state index in [2.05, 4.69) is 11.6 Å². The summed E-state index contributed by atoms with van der Waals surface area (Å²) in [6.07, 6.45) is 2.31. The number of hydrogen-bond acceptors (Lipinski definition) is 4. The lowest BCUT2D eigenvalue weighted by Crippen LogP contribution is -2.32. The Morgan fingerprint density at radius 1 is 1.69 bits per heavy atom. The van der Waals surface area contributed by atoms with Gasteiger partial charge in [-0.3, -0.25) is 14.3 Å². The number of ether oxygens (including phenoxy) is 1. The molecule has 0 aliphatic rings. The highest BCUT2D eigenvalue weighted by molar-refractivity contribution is 5.00. The van der Waals surface area contributed by atoms with Crippen molar-refractivity contribution >= 4 is 0 Å². The topological polar surface area (TPSA) is 84.3 Å². The molecule has 0 aliphatic heterocycles. The molecule has 0 spiro atoms. The van der Waals surface area contributed by atoms with Crippen molar-refractivity contribution in [3.05, 3.63) is 45.3 Å². The number of hydrogen-bond donors (Lipinski definition) is 2. The van der Waals surface area contributed by atoms with Crippen LogP contribution in [-0.4, -0.2) is 27.4 Å². The largest absolute Gasteiger partial charge is 0.393 e. The van der Waals surface area contributed by atoms with Crippen LogP contribution in [0.3, 0.4) is 0 Å². The zero-order valence-corrected chi connectivity index (χ0v) is 8.97. The molecule has 1 rings (SSSR count). The zero-order valence-electron chi connectivity index (χ0n) is 8.97. The minimum absolute atomic E-state index is 0.0479. The molecule has 0 aliphatic carbocycles. The van der Waals surface area contributed by atoms with Crippen molar-refractivity contribution in [1.82, 2.24) is 9.55 Å². The van der Waals surface area contributed by atoms with Crippen molar-refractivity contribution in [2.24, 2.45) is 0 Å². The summed E-state index contributed by atoms with van der Waals surface area (Å²) in [4.78, 5) is 24.5. The third-order valence-electron chi connectivity index (χ3n) is 2.06. The predicted octanol–water partition coefficient (Wildman–Crippen LogP) is -0.634. The fourth-order valence-electron chi connectivity index (χ4n) is 1.09. The maximum absolute atomic E-state index is 11.3. The van der Waals surface area contributed by atoms with Gasteiger partial charge < -0.3 is 9.84 Å². The molecular weight excluding hydrogens is 212 g/mol. The van der Waals surface area contributed by atoms with Crippen LogP contribution in [0.5, 0.6) is 0 Å². The van der Waals surface area contributed by atoms with Crippen molar-refractivity contribution in [2.75, 3.05) is 6.61 Å². The Morgan fingerprint density at radius 2 is 2.38 bits per heavy atom. The molecule has 0 saturated carbocycles. The summed E-state index contributed by atoms with van der Waals surface area (Å²) in [6.45, 7) is 4.80. The van der Waals surface area contributed by atoms with E-state index >= 15 is 0 Å². The fourth-order valence-corrected chi connectivity index (χ4v) is 1.09. The van der Waals surface area contributed by atoms with Crippen LogP contribution >= 0.6 is 0 Å². The zero-order chi connectivity index (χ0) is 12.1. The van der Waals surface area contributed by atoms with Crippen molar-refractivity contribution in [2.45, 2.75) is 19.8 Å². The van der Waals surface area contributed by atoms with Crippen LogP contribution in [0.1, 0.15) is 5.56 Å². The summed E-state index contributed by atoms with van der Waals surface area (Å²) < 4.78 is 6.39. The van der Waals surface area contributed by atoms with Gasteiger partial charge in [0.2, 0.25) is 0 Å². The van der Waals surface area contributed by atoms with Crippen LogP contribution in [0.4, 0.5) is 0 Å². The lowest BCUT2D eigenvalue weighted by atomic mass is 10.4. The first-order valence-corrected chi connectivity index (χ1v) is 4.74. The molecule has 2 N–H and O–H groups in total. The summed E-state index contributed by atoms with van der Waals surface area (Å²) in [6, 6.07) is 0. The molecule has 0 unspecified atom stereocenters. The van der Waals surface area contributed by atoms with Crippen LogP contribution in [0, 0.1) is 6.92 Å². The summed E-state index contributed by atoms with van der Waals surface area (Å²) >= 11 is 0. The molecule has 0 fully saturated rings. The Balaban J connectivity index is 2.82. The van der Waals surface area contributed by atoms with E-state index in [1.807, 2.05) is 0 Å². The van der Waals surface area contributed by atoms with Crippen molar-refractivity contribution in [3.63, 3.8) is 0 Å². The van der Waals surface area contributed by atoms with Gasteiger partial charge in [-0.2, -0.15) is 0 Å². The standard InChI is InChI=1S/C10H14N2O4/c1-3-8(5-13)16-6-12-4-7(2)9(14)11-10(12)15/h3-4,8,13H,1,5-6H2,2H3,(H,11,14,15)/t8-/m0/s1. The SMILES string of the molecule is C=C[C@@H](CO)OCn1cc(C)c(=O)[nH]c1=O. The molecular formula is C10H14N2O4. The van der Waals surface area contributed by atoms with E-state index in [0.29, 0.717) is 5.56 Å². The number of aromatic amines is 1. The van der Waals surface area contributed by atoms with Gasteiger partial charge in [0.1, 0.15) is 12.8 Å². The van der Waals surface area contributed by atoms with Crippen LogP contribution in [0.25, 0.3) is 0 Å². The minimum atomic E-state index is -0.545. The molecule has 1 aromatic heterocycles. The summed E-state index contributed by atoms with van der Waals surface area (Å²) in [5.41, 5.74) is -0.539. The maximum Gasteiger partial charge on any atom is 0.330 e. The Morgan fingerprint density at radius 3 is 2.94 bits per heavy atom. The van der Waals surface area contributed by atoms with Gasteiger partial charge in [0.15, 0.2) is 0 Å². The molecule has 0 saturated heterocycles. The van der Waals surface area contributed by atoms with Crippen LogP contribution in [0.15, 0.2) is 28.4 Å². The fraction of sp³-hybridized carbons (Fsp3) is 0.400. The molecule has 88 valence electrons. The predicted molar refractivity (Wildman–Crippen MR) is 58.2 cm³/mol. The number of nitrogens with one attached hydrogen (secondary N) is 1. The van der Waals surface area contributed by atoms with E-state index in [1.165, 1.54) is 16.8 Å². The third-order valence-corrected chi connectivity index (χ3v) is 2.06. The number of nitrogens with zero attached hydrogens (tertiary/aromatic N) is 1. The lowest BCUT2D eigenvalue weighted by molar-refractivity contribution is 0.00129. The number of aliphatic hydroxyl groups excluding tert-OH is 1. The van der Waals surface area contributed by atoms with E-state index in [0.717, 1.165) is 0 Å². The molecule has 0 radical (unpaired) electrons. The number of H-pyrrole nitrogens is 1. The summed E-state index contributed by atoms with van der Waals surface area (Å²) in [5.74, 6) is 0. The van der Waals surface area contributed by atoms with Gasteiger partial charge in [-0.25, -0.2) is 4.79 Å². The maximum atomic E-state index is 11.3. The average Bonchev–Trinajstić information content (AvgIpc) is 2.26. The van der Waals surface area contributed by atoms with Crippen molar-refractivity contribution < 1.29 is 9.84 Å². The first-order valence-electron chi connectivity index (χ1n) is 4.74. The van der Waals surface area contributed by atoms with E-state index in [1.54, 1.807) is 6.92 Å². The van der Waals surface area contributed by atoms with Gasteiger partial charge in [0.05, 0.1) is 6.61 Å². The normalized spacial score (nSPS) is 12.4. The molecule has 1 heterocycles. The van der Waals surface area contributed by atoms with Gasteiger partial charge in [-0.05, 0) is 6.92 Å². The highest BCUT2D eigenvalue weighted by Crippen LogP contribution is 1.94. The van der Waals surface area contributed by atoms with E-state index < -0.39 is 17.4 Å². The van der Waals surface area contributed by atoms with Crippen LogP contribution in [0.2, 0.25) is 0 Å². The number of aromatic nitrogens is 2. The van der Waals surface area contributed by atoms with E-state index in [9.17, 15) is 9.59 Å². The average molecular weight is 226 g/mol. The third kappa shape index (κ3) is 2.91. The second kappa shape index (κ2) is 5.43. The molecule has 0 aromatic carbocycles.